The highest BCUT2D eigenvalue weighted by molar-refractivity contribution is 5.78. The van der Waals surface area contributed by atoms with Crippen LogP contribution in [0.2, 0.25) is 0 Å². The Hall–Kier alpha value is -1.55. The number of piperidine rings is 1. The number of amides is 1. The van der Waals surface area contributed by atoms with E-state index < -0.39 is 0 Å². The van der Waals surface area contributed by atoms with Crippen LogP contribution in [-0.4, -0.2) is 55.5 Å². The zero-order valence-electron chi connectivity index (χ0n) is 13.6. The third-order valence-corrected chi connectivity index (χ3v) is 4.39. The van der Waals surface area contributed by atoms with Crippen molar-refractivity contribution >= 4 is 11.6 Å². The minimum absolute atomic E-state index is 0.139. The highest BCUT2D eigenvalue weighted by Gasteiger charge is 2.22. The van der Waals surface area contributed by atoms with Gasteiger partial charge in [0.1, 0.15) is 0 Å². The van der Waals surface area contributed by atoms with Crippen LogP contribution in [-0.2, 0) is 11.2 Å². The fourth-order valence-electron chi connectivity index (χ4n) is 2.71. The molecule has 1 heterocycles. The Balaban J connectivity index is 1.89. The van der Waals surface area contributed by atoms with Gasteiger partial charge in [-0.3, -0.25) is 4.79 Å². The molecule has 0 saturated carbocycles. The maximum Gasteiger partial charge on any atom is 0.226 e. The van der Waals surface area contributed by atoms with Crippen molar-refractivity contribution < 1.29 is 4.79 Å². The Labute approximate surface area is 128 Å². The molecule has 2 unspecified atom stereocenters. The maximum atomic E-state index is 11.7. The van der Waals surface area contributed by atoms with Gasteiger partial charge in [0, 0.05) is 38.4 Å². The molecule has 0 spiro atoms. The van der Waals surface area contributed by atoms with Gasteiger partial charge in [-0.1, -0.05) is 12.1 Å². The maximum absolute atomic E-state index is 11.7. The zero-order valence-corrected chi connectivity index (χ0v) is 13.6. The lowest BCUT2D eigenvalue weighted by Crippen LogP contribution is -2.42. The molecule has 0 bridgehead atoms. The summed E-state index contributed by atoms with van der Waals surface area (Å²) in [6, 6.07) is 9.44. The Morgan fingerprint density at radius 3 is 2.57 bits per heavy atom. The number of anilines is 1. The molecule has 1 saturated heterocycles. The highest BCUT2D eigenvalue weighted by Crippen LogP contribution is 2.20. The van der Waals surface area contributed by atoms with Gasteiger partial charge in [0.2, 0.25) is 5.91 Å². The summed E-state index contributed by atoms with van der Waals surface area (Å²) in [6.45, 7) is 3.43. The second-order valence-corrected chi connectivity index (χ2v) is 6.36. The van der Waals surface area contributed by atoms with Crippen LogP contribution in [0.4, 0.5) is 5.69 Å². The van der Waals surface area contributed by atoms with E-state index in [1.807, 2.05) is 12.1 Å². The van der Waals surface area contributed by atoms with Crippen LogP contribution in [0.1, 0.15) is 25.3 Å². The van der Waals surface area contributed by atoms with Gasteiger partial charge in [0.05, 0.1) is 6.42 Å². The summed E-state index contributed by atoms with van der Waals surface area (Å²) in [4.78, 5) is 15.7. The molecule has 2 atom stereocenters. The molecule has 4 nitrogen and oxygen atoms in total. The smallest absolute Gasteiger partial charge is 0.226 e. The molecule has 0 radical (unpaired) electrons. The molecule has 1 fully saturated rings. The van der Waals surface area contributed by atoms with Gasteiger partial charge >= 0.3 is 0 Å². The van der Waals surface area contributed by atoms with Crippen molar-refractivity contribution in [2.45, 2.75) is 38.3 Å². The molecule has 116 valence electrons. The van der Waals surface area contributed by atoms with Crippen LogP contribution < -0.4 is 5.32 Å². The molecule has 1 amide bonds. The lowest BCUT2D eigenvalue weighted by atomic mass is 9.98. The average molecular weight is 289 g/mol. The molecule has 1 aromatic carbocycles. The fraction of sp³-hybridized carbons (Fsp3) is 0.588. The van der Waals surface area contributed by atoms with E-state index in [0.717, 1.165) is 17.8 Å². The Morgan fingerprint density at radius 2 is 2.00 bits per heavy atom. The van der Waals surface area contributed by atoms with Crippen LogP contribution in [0.25, 0.3) is 0 Å². The molecule has 4 heteroatoms. The van der Waals surface area contributed by atoms with E-state index in [4.69, 9.17) is 0 Å². The van der Waals surface area contributed by atoms with Crippen molar-refractivity contribution in [1.82, 2.24) is 9.80 Å². The number of nitrogens with zero attached hydrogens (tertiary/aromatic N) is 2. The molecular weight excluding hydrogens is 262 g/mol. The molecular formula is C17H27N3O. The second-order valence-electron chi connectivity index (χ2n) is 6.36. The Kier molecular flexibility index (Phi) is 5.23. The van der Waals surface area contributed by atoms with Gasteiger partial charge in [0.15, 0.2) is 0 Å². The number of likely N-dealkylation sites (tertiary alicyclic amines) is 1. The van der Waals surface area contributed by atoms with Gasteiger partial charge < -0.3 is 15.1 Å². The van der Waals surface area contributed by atoms with Gasteiger partial charge in [-0.2, -0.15) is 0 Å². The molecule has 1 aromatic rings. The van der Waals surface area contributed by atoms with Crippen LogP contribution in [0, 0.1) is 0 Å². The predicted molar refractivity (Wildman–Crippen MR) is 87.6 cm³/mol. The van der Waals surface area contributed by atoms with Crippen molar-refractivity contribution in [1.29, 1.82) is 0 Å². The first-order valence-corrected chi connectivity index (χ1v) is 7.71. The summed E-state index contributed by atoms with van der Waals surface area (Å²) in [7, 11) is 5.77. The third-order valence-electron chi connectivity index (χ3n) is 4.39. The number of carbonyl (C=O) groups excluding carboxylic acids is 1. The van der Waals surface area contributed by atoms with Crippen molar-refractivity contribution in [3.05, 3.63) is 29.8 Å². The SMILES string of the molecule is CC1CC(Nc2ccc(CC(=O)N(C)C)cc2)CCN1C. The quantitative estimate of drug-likeness (QED) is 0.923. The molecule has 1 aliphatic rings. The first kappa shape index (κ1) is 15.8. The lowest BCUT2D eigenvalue weighted by Gasteiger charge is -2.35. The summed E-state index contributed by atoms with van der Waals surface area (Å²) in [5, 5.41) is 3.61. The summed E-state index contributed by atoms with van der Waals surface area (Å²) >= 11 is 0. The van der Waals surface area contributed by atoms with E-state index >= 15 is 0 Å². The summed E-state index contributed by atoms with van der Waals surface area (Å²) in [5.41, 5.74) is 2.22. The highest BCUT2D eigenvalue weighted by atomic mass is 16.2. The first-order valence-electron chi connectivity index (χ1n) is 7.71. The van der Waals surface area contributed by atoms with Crippen molar-refractivity contribution in [3.63, 3.8) is 0 Å². The standard InChI is InChI=1S/C17H27N3O/c1-13-11-16(9-10-20(13)4)18-15-7-5-14(6-8-15)12-17(21)19(2)3/h5-8,13,16,18H,9-12H2,1-4H3. The van der Waals surface area contributed by atoms with Crippen LogP contribution in [0.15, 0.2) is 24.3 Å². The Bertz CT molecular complexity index is 469. The molecule has 1 N–H and O–H groups in total. The van der Waals surface area contributed by atoms with E-state index in [0.29, 0.717) is 18.5 Å². The zero-order chi connectivity index (χ0) is 15.4. The topological polar surface area (TPSA) is 35.6 Å². The second kappa shape index (κ2) is 6.94. The lowest BCUT2D eigenvalue weighted by molar-refractivity contribution is -0.127. The normalized spacial score (nSPS) is 22.9. The first-order chi connectivity index (χ1) is 9.95. The fourth-order valence-corrected chi connectivity index (χ4v) is 2.71. The third kappa shape index (κ3) is 4.46. The van der Waals surface area contributed by atoms with E-state index in [9.17, 15) is 4.79 Å². The molecule has 0 aliphatic carbocycles. The monoisotopic (exact) mass is 289 g/mol. The Morgan fingerprint density at radius 1 is 1.33 bits per heavy atom. The van der Waals surface area contributed by atoms with Gasteiger partial charge in [-0.15, -0.1) is 0 Å². The summed E-state index contributed by atoms with van der Waals surface area (Å²) < 4.78 is 0. The van der Waals surface area contributed by atoms with Crippen molar-refractivity contribution in [3.8, 4) is 0 Å². The van der Waals surface area contributed by atoms with E-state index in [1.54, 1.807) is 19.0 Å². The summed E-state index contributed by atoms with van der Waals surface area (Å²) in [5.74, 6) is 0.139. The van der Waals surface area contributed by atoms with Gasteiger partial charge in [-0.05, 0) is 44.5 Å². The number of likely N-dealkylation sites (N-methyl/N-ethyl adjacent to an activating group) is 1. The minimum Gasteiger partial charge on any atom is -0.382 e. The average Bonchev–Trinajstić information content (AvgIpc) is 2.45. The number of carbonyl (C=O) groups is 1. The van der Waals surface area contributed by atoms with Crippen LogP contribution >= 0.6 is 0 Å². The predicted octanol–water partition coefficient (Wildman–Crippen LogP) is 2.21. The molecule has 1 aliphatic heterocycles. The van der Waals surface area contributed by atoms with Gasteiger partial charge in [0.25, 0.3) is 0 Å². The molecule has 21 heavy (non-hydrogen) atoms. The van der Waals surface area contributed by atoms with Crippen LogP contribution in [0.5, 0.6) is 0 Å². The minimum atomic E-state index is 0.139. The van der Waals surface area contributed by atoms with E-state index in [-0.39, 0.29) is 5.91 Å². The largest absolute Gasteiger partial charge is 0.382 e. The van der Waals surface area contributed by atoms with Crippen molar-refractivity contribution in [2.75, 3.05) is 33.0 Å². The van der Waals surface area contributed by atoms with E-state index in [1.165, 1.54) is 12.8 Å². The molecule has 0 aromatic heterocycles. The number of nitrogens with one attached hydrogen (secondary N) is 1. The van der Waals surface area contributed by atoms with Crippen molar-refractivity contribution in [2.24, 2.45) is 0 Å². The number of hydrogen-bond donors (Lipinski definition) is 1. The number of rotatable bonds is 4. The molecule has 2 rings (SSSR count). The van der Waals surface area contributed by atoms with Gasteiger partial charge in [-0.25, -0.2) is 0 Å². The summed E-state index contributed by atoms with van der Waals surface area (Å²) in [6.07, 6.45) is 2.83. The number of benzene rings is 1. The van der Waals surface area contributed by atoms with E-state index in [2.05, 4.69) is 36.3 Å². The van der Waals surface area contributed by atoms with Crippen LogP contribution in [0.3, 0.4) is 0 Å². The number of hydrogen-bond acceptors (Lipinski definition) is 3.